The number of piperidine rings is 1. The Kier molecular flexibility index (Phi) is 5.80. The summed E-state index contributed by atoms with van der Waals surface area (Å²) >= 11 is 0. The van der Waals surface area contributed by atoms with Crippen molar-refractivity contribution < 1.29 is 8.42 Å². The van der Waals surface area contributed by atoms with Crippen LogP contribution in [0.25, 0.3) is 0 Å². The highest BCUT2D eigenvalue weighted by Gasteiger charge is 2.31. The van der Waals surface area contributed by atoms with Gasteiger partial charge in [-0.3, -0.25) is 4.90 Å². The zero-order chi connectivity index (χ0) is 20.7. The lowest BCUT2D eigenvalue weighted by Crippen LogP contribution is -2.50. The molecule has 0 bridgehead atoms. The Hall–Kier alpha value is -1.21. The van der Waals surface area contributed by atoms with Crippen LogP contribution in [-0.2, 0) is 20.7 Å². The topological polar surface area (TPSA) is 66.4 Å². The number of hydrogen-bond acceptors (Lipinski definition) is 6. The monoisotopic (exact) mass is 408 g/mol. The van der Waals surface area contributed by atoms with Crippen LogP contribution in [0.4, 0.5) is 5.82 Å². The molecule has 0 amide bonds. The number of anilines is 1. The molecule has 28 heavy (non-hydrogen) atoms. The molecule has 2 aliphatic heterocycles. The molecule has 0 saturated carbocycles. The molecule has 0 unspecified atom stereocenters. The summed E-state index contributed by atoms with van der Waals surface area (Å²) < 4.78 is 23.4. The van der Waals surface area contributed by atoms with Crippen LogP contribution in [0.3, 0.4) is 0 Å². The first-order chi connectivity index (χ1) is 12.9. The van der Waals surface area contributed by atoms with Crippen molar-refractivity contribution in [2.75, 3.05) is 42.6 Å². The van der Waals surface area contributed by atoms with E-state index in [1.165, 1.54) is 0 Å². The Morgan fingerprint density at radius 1 is 0.893 bits per heavy atom. The summed E-state index contributed by atoms with van der Waals surface area (Å²) in [5, 5.41) is 0. The summed E-state index contributed by atoms with van der Waals surface area (Å²) in [6.07, 6.45) is 2.11. The Morgan fingerprint density at radius 3 is 1.96 bits per heavy atom. The van der Waals surface area contributed by atoms with E-state index in [0.29, 0.717) is 30.6 Å². The summed E-state index contributed by atoms with van der Waals surface area (Å²) in [6, 6.07) is 2.64. The smallest absolute Gasteiger partial charge is 0.152 e. The van der Waals surface area contributed by atoms with Gasteiger partial charge in [-0.25, -0.2) is 18.4 Å². The zero-order valence-electron chi connectivity index (χ0n) is 18.3. The van der Waals surface area contributed by atoms with E-state index in [4.69, 9.17) is 9.97 Å². The van der Waals surface area contributed by atoms with Crippen molar-refractivity contribution >= 4 is 15.7 Å². The highest BCUT2D eigenvalue weighted by atomic mass is 32.2. The molecule has 1 aromatic rings. The SMILES string of the molecule is CC(C)(C)c1cc(N2CCC(N3CCS(=O)(=O)CC3)CC2)nc(C(C)(C)C)n1. The summed E-state index contributed by atoms with van der Waals surface area (Å²) in [5.74, 6) is 2.55. The van der Waals surface area contributed by atoms with E-state index in [-0.39, 0.29) is 10.8 Å². The lowest BCUT2D eigenvalue weighted by Gasteiger charge is -2.40. The molecule has 2 aliphatic rings. The fourth-order valence-electron chi connectivity index (χ4n) is 3.87. The largest absolute Gasteiger partial charge is 0.356 e. The van der Waals surface area contributed by atoms with Crippen LogP contribution in [-0.4, -0.2) is 67.0 Å². The van der Waals surface area contributed by atoms with Crippen LogP contribution in [0.1, 0.15) is 65.9 Å². The minimum atomic E-state index is -2.81. The summed E-state index contributed by atoms with van der Waals surface area (Å²) in [7, 11) is -2.81. The molecule has 6 nitrogen and oxygen atoms in total. The Bertz CT molecular complexity index is 754. The number of rotatable bonds is 2. The number of nitrogens with zero attached hydrogens (tertiary/aromatic N) is 4. The number of hydrogen-bond donors (Lipinski definition) is 0. The molecule has 0 spiro atoms. The van der Waals surface area contributed by atoms with Gasteiger partial charge < -0.3 is 4.90 Å². The van der Waals surface area contributed by atoms with E-state index < -0.39 is 9.84 Å². The van der Waals surface area contributed by atoms with Gasteiger partial charge in [-0.1, -0.05) is 41.5 Å². The molecule has 0 radical (unpaired) electrons. The van der Waals surface area contributed by atoms with E-state index >= 15 is 0 Å². The van der Waals surface area contributed by atoms with Gasteiger partial charge in [-0.15, -0.1) is 0 Å². The predicted octanol–water partition coefficient (Wildman–Crippen LogP) is 2.77. The molecule has 0 N–H and O–H groups in total. The molecule has 3 rings (SSSR count). The third-order valence-corrected chi connectivity index (χ3v) is 7.44. The second-order valence-electron chi connectivity index (χ2n) is 10.3. The summed E-state index contributed by atoms with van der Waals surface area (Å²) in [6.45, 7) is 16.4. The zero-order valence-corrected chi connectivity index (χ0v) is 19.1. The molecule has 2 saturated heterocycles. The molecule has 158 valence electrons. The Morgan fingerprint density at radius 2 is 1.46 bits per heavy atom. The van der Waals surface area contributed by atoms with Crippen LogP contribution in [0.2, 0.25) is 0 Å². The van der Waals surface area contributed by atoms with Crippen LogP contribution in [0.15, 0.2) is 6.07 Å². The standard InChI is InChI=1S/C21H36N4O2S/c1-20(2,3)17-15-18(23-19(22-17)21(4,5)6)25-9-7-16(8-10-25)24-11-13-28(26,27)14-12-24/h15-16H,7-14H2,1-6H3. The van der Waals surface area contributed by atoms with Gasteiger partial charge in [0.2, 0.25) is 0 Å². The minimum absolute atomic E-state index is 0.0185. The van der Waals surface area contributed by atoms with Crippen molar-refractivity contribution in [1.29, 1.82) is 0 Å². The predicted molar refractivity (Wildman–Crippen MR) is 115 cm³/mol. The molecule has 0 aromatic carbocycles. The molecular weight excluding hydrogens is 372 g/mol. The van der Waals surface area contributed by atoms with Crippen molar-refractivity contribution in [3.8, 4) is 0 Å². The first-order valence-electron chi connectivity index (χ1n) is 10.4. The van der Waals surface area contributed by atoms with Crippen molar-refractivity contribution in [2.45, 2.75) is 71.3 Å². The maximum atomic E-state index is 11.7. The van der Waals surface area contributed by atoms with Gasteiger partial charge in [0.05, 0.1) is 17.2 Å². The molecular formula is C21H36N4O2S. The fourth-order valence-corrected chi connectivity index (χ4v) is 5.10. The molecule has 7 heteroatoms. The average molecular weight is 409 g/mol. The van der Waals surface area contributed by atoms with E-state index in [1.54, 1.807) is 0 Å². The van der Waals surface area contributed by atoms with Gasteiger partial charge >= 0.3 is 0 Å². The third kappa shape index (κ3) is 5.03. The molecule has 3 heterocycles. The van der Waals surface area contributed by atoms with Crippen LogP contribution >= 0.6 is 0 Å². The van der Waals surface area contributed by atoms with Crippen LogP contribution < -0.4 is 4.90 Å². The third-order valence-electron chi connectivity index (χ3n) is 5.84. The van der Waals surface area contributed by atoms with E-state index in [1.807, 2.05) is 0 Å². The van der Waals surface area contributed by atoms with Gasteiger partial charge in [0.15, 0.2) is 9.84 Å². The summed E-state index contributed by atoms with van der Waals surface area (Å²) in [5.41, 5.74) is 0.980. The maximum absolute atomic E-state index is 11.7. The van der Waals surface area contributed by atoms with Gasteiger partial charge in [-0.05, 0) is 12.8 Å². The highest BCUT2D eigenvalue weighted by Crippen LogP contribution is 2.30. The minimum Gasteiger partial charge on any atom is -0.356 e. The van der Waals surface area contributed by atoms with Gasteiger partial charge in [0.1, 0.15) is 11.6 Å². The molecule has 1 aromatic heterocycles. The van der Waals surface area contributed by atoms with E-state index in [2.05, 4.69) is 57.4 Å². The number of sulfone groups is 1. The van der Waals surface area contributed by atoms with Crippen molar-refractivity contribution in [2.24, 2.45) is 0 Å². The van der Waals surface area contributed by atoms with Crippen LogP contribution in [0, 0.1) is 0 Å². The Labute approximate surface area is 170 Å². The lowest BCUT2D eigenvalue weighted by molar-refractivity contribution is 0.182. The summed E-state index contributed by atoms with van der Waals surface area (Å²) in [4.78, 5) is 14.5. The maximum Gasteiger partial charge on any atom is 0.152 e. The van der Waals surface area contributed by atoms with E-state index in [9.17, 15) is 8.42 Å². The average Bonchev–Trinajstić information content (AvgIpc) is 2.60. The normalized spacial score (nSPS) is 22.4. The molecule has 0 atom stereocenters. The fraction of sp³-hybridized carbons (Fsp3) is 0.810. The lowest BCUT2D eigenvalue weighted by atomic mass is 9.90. The molecule has 2 fully saturated rings. The Balaban J connectivity index is 1.73. The van der Waals surface area contributed by atoms with E-state index in [0.717, 1.165) is 43.3 Å². The quantitative estimate of drug-likeness (QED) is 0.750. The van der Waals surface area contributed by atoms with Crippen molar-refractivity contribution in [3.63, 3.8) is 0 Å². The van der Waals surface area contributed by atoms with Gasteiger partial charge in [0.25, 0.3) is 0 Å². The van der Waals surface area contributed by atoms with Gasteiger partial charge in [0, 0.05) is 49.1 Å². The second kappa shape index (κ2) is 7.56. The first kappa shape index (κ1) is 21.5. The first-order valence-corrected chi connectivity index (χ1v) is 12.3. The molecule has 0 aliphatic carbocycles. The number of aromatic nitrogens is 2. The van der Waals surface area contributed by atoms with Gasteiger partial charge in [-0.2, -0.15) is 0 Å². The van der Waals surface area contributed by atoms with Crippen molar-refractivity contribution in [3.05, 3.63) is 17.6 Å². The van der Waals surface area contributed by atoms with Crippen molar-refractivity contribution in [1.82, 2.24) is 14.9 Å². The van der Waals surface area contributed by atoms with Crippen LogP contribution in [0.5, 0.6) is 0 Å². The second-order valence-corrected chi connectivity index (χ2v) is 12.6. The highest BCUT2D eigenvalue weighted by molar-refractivity contribution is 7.91.